The van der Waals surface area contributed by atoms with Crippen molar-refractivity contribution >= 4 is 34.1 Å². The molecule has 2 fully saturated rings. The first-order valence-electron chi connectivity index (χ1n) is 15.5. The highest BCUT2D eigenvalue weighted by atomic mass is 19.1. The molecule has 0 unspecified atom stereocenters. The third kappa shape index (κ3) is 6.05. The van der Waals surface area contributed by atoms with Crippen LogP contribution in [0, 0.1) is 11.2 Å². The number of aromatic amines is 1. The zero-order valence-electron chi connectivity index (χ0n) is 25.6. The molecule has 3 aromatic carbocycles. The number of carbonyl (C=O) groups is 2. The molecule has 0 saturated carbocycles. The average Bonchev–Trinajstić information content (AvgIpc) is 3.69. The van der Waals surface area contributed by atoms with Crippen LogP contribution in [0.15, 0.2) is 85.2 Å². The topological polar surface area (TPSA) is 110 Å². The first-order chi connectivity index (χ1) is 22.3. The zero-order valence-corrected chi connectivity index (χ0v) is 25.6. The molecule has 0 bridgehead atoms. The van der Waals surface area contributed by atoms with E-state index in [1.807, 2.05) is 42.2 Å². The largest absolute Gasteiger partial charge is 0.368 e. The van der Waals surface area contributed by atoms with E-state index in [0.717, 1.165) is 40.8 Å². The number of hydrogen-bond acceptors (Lipinski definition) is 7. The number of hydrogen-bond donors (Lipinski definition) is 2. The van der Waals surface area contributed by atoms with E-state index in [2.05, 4.69) is 47.4 Å². The number of benzene rings is 3. The molecular weight excluding hydrogens is 583 g/mol. The number of aromatic nitrogens is 4. The second kappa shape index (κ2) is 12.3. The van der Waals surface area contributed by atoms with Crippen LogP contribution in [0.2, 0.25) is 0 Å². The van der Waals surface area contributed by atoms with Gasteiger partial charge in [0.2, 0.25) is 11.8 Å². The molecule has 10 nitrogen and oxygen atoms in total. The lowest BCUT2D eigenvalue weighted by molar-refractivity contribution is -0.133. The van der Waals surface area contributed by atoms with Gasteiger partial charge in [-0.05, 0) is 92.7 Å². The van der Waals surface area contributed by atoms with Crippen molar-refractivity contribution in [2.24, 2.45) is 5.41 Å². The lowest BCUT2D eigenvalue weighted by atomic mass is 9.88. The lowest BCUT2D eigenvalue weighted by Gasteiger charge is -2.37. The molecular formula is C35H35FN8O2. The first kappa shape index (κ1) is 29.5. The van der Waals surface area contributed by atoms with Gasteiger partial charge in [0.1, 0.15) is 5.82 Å². The molecule has 0 spiro atoms. The number of anilines is 2. The van der Waals surface area contributed by atoms with Gasteiger partial charge in [-0.15, -0.1) is 0 Å². The Labute approximate surface area is 266 Å². The second-order valence-electron chi connectivity index (χ2n) is 12.3. The van der Waals surface area contributed by atoms with E-state index < -0.39 is 5.41 Å². The van der Waals surface area contributed by atoms with Gasteiger partial charge in [-0.2, -0.15) is 5.10 Å². The highest BCUT2D eigenvalue weighted by molar-refractivity contribution is 6.00. The fourth-order valence-corrected chi connectivity index (χ4v) is 6.35. The van der Waals surface area contributed by atoms with Gasteiger partial charge < -0.3 is 15.1 Å². The highest BCUT2D eigenvalue weighted by Crippen LogP contribution is 2.33. The third-order valence-electron chi connectivity index (χ3n) is 9.09. The number of nitrogens with one attached hydrogen (secondary N) is 2. The van der Waals surface area contributed by atoms with Crippen LogP contribution in [0.4, 0.5) is 15.8 Å². The minimum Gasteiger partial charge on any atom is -0.368 e. The lowest BCUT2D eigenvalue weighted by Crippen LogP contribution is -2.51. The Balaban J connectivity index is 0.921. The molecule has 2 aliphatic rings. The highest BCUT2D eigenvalue weighted by Gasteiger charge is 2.41. The Hall–Kier alpha value is -5.16. The summed E-state index contributed by atoms with van der Waals surface area (Å²) in [7, 11) is 0. The van der Waals surface area contributed by atoms with Gasteiger partial charge in [0, 0.05) is 73.0 Å². The van der Waals surface area contributed by atoms with Gasteiger partial charge in [0.25, 0.3) is 0 Å². The standard InChI is InChI=1S/C35H35FN8O2/c1-35(34(46)39-27-9-12-30-29(21-27)32(41-40-30)24-3-7-26(36)8-4-24)13-16-42(23-35)22-31(45)44-19-17-43(18-20-44)28-10-5-25(6-11-28)33-37-14-2-15-38-33/h2-12,14-15,21H,13,16-20,22-23H2,1H3,(H,39,46)(H,40,41)/t35-/m1/s1. The normalized spacial score (nSPS) is 18.7. The van der Waals surface area contributed by atoms with Crippen molar-refractivity contribution < 1.29 is 14.0 Å². The minimum atomic E-state index is -0.624. The van der Waals surface area contributed by atoms with E-state index >= 15 is 0 Å². The van der Waals surface area contributed by atoms with Gasteiger partial charge in [-0.1, -0.05) is 0 Å². The average molecular weight is 619 g/mol. The molecule has 4 heterocycles. The van der Waals surface area contributed by atoms with E-state index in [4.69, 9.17) is 0 Å². The molecule has 0 radical (unpaired) electrons. The van der Waals surface area contributed by atoms with Gasteiger partial charge in [-0.3, -0.25) is 19.6 Å². The molecule has 2 saturated heterocycles. The molecule has 0 aliphatic carbocycles. The number of carbonyl (C=O) groups excluding carboxylic acids is 2. The summed E-state index contributed by atoms with van der Waals surface area (Å²) in [5, 5.41) is 11.3. The fourth-order valence-electron chi connectivity index (χ4n) is 6.35. The maximum Gasteiger partial charge on any atom is 0.236 e. The summed E-state index contributed by atoms with van der Waals surface area (Å²) < 4.78 is 13.4. The SMILES string of the molecule is C[C@@]1(C(=O)Nc2ccc3[nH]nc(-c4ccc(F)cc4)c3c2)CCN(CC(=O)N2CCN(c3ccc(-c4ncccn4)cc3)CC2)C1. The Kier molecular flexibility index (Phi) is 7.91. The summed E-state index contributed by atoms with van der Waals surface area (Å²) in [6, 6.07) is 21.8. The van der Waals surface area contributed by atoms with Crippen molar-refractivity contribution in [3.05, 3.63) is 91.0 Å². The number of piperazine rings is 1. The van der Waals surface area contributed by atoms with Crippen LogP contribution >= 0.6 is 0 Å². The van der Waals surface area contributed by atoms with Crippen molar-refractivity contribution in [2.45, 2.75) is 13.3 Å². The van der Waals surface area contributed by atoms with Crippen LogP contribution in [0.25, 0.3) is 33.5 Å². The predicted octanol–water partition coefficient (Wildman–Crippen LogP) is 4.83. The van der Waals surface area contributed by atoms with Gasteiger partial charge >= 0.3 is 0 Å². The van der Waals surface area contributed by atoms with E-state index in [-0.39, 0.29) is 17.6 Å². The minimum absolute atomic E-state index is 0.0768. The van der Waals surface area contributed by atoms with Crippen LogP contribution in [0.1, 0.15) is 13.3 Å². The van der Waals surface area contributed by atoms with Crippen LogP contribution in [-0.2, 0) is 9.59 Å². The van der Waals surface area contributed by atoms with Crippen LogP contribution in [0.3, 0.4) is 0 Å². The Bertz CT molecular complexity index is 1850. The molecule has 5 aromatic rings. The third-order valence-corrected chi connectivity index (χ3v) is 9.09. The van der Waals surface area contributed by atoms with Crippen molar-refractivity contribution in [3.63, 3.8) is 0 Å². The van der Waals surface area contributed by atoms with Gasteiger partial charge in [0.05, 0.1) is 23.2 Å². The fraction of sp³-hybridized carbons (Fsp3) is 0.286. The second-order valence-corrected chi connectivity index (χ2v) is 12.3. The number of amides is 2. The predicted molar refractivity (Wildman–Crippen MR) is 176 cm³/mol. The van der Waals surface area contributed by atoms with Gasteiger partial charge in [0.15, 0.2) is 5.82 Å². The zero-order chi connectivity index (χ0) is 31.7. The molecule has 2 aliphatic heterocycles. The number of likely N-dealkylation sites (tertiary alicyclic amines) is 1. The van der Waals surface area contributed by atoms with E-state index in [0.29, 0.717) is 56.4 Å². The number of fused-ring (bicyclic) bond motifs is 1. The quantitative estimate of drug-likeness (QED) is 0.269. The van der Waals surface area contributed by atoms with E-state index in [9.17, 15) is 14.0 Å². The Morgan fingerprint density at radius 1 is 0.913 bits per heavy atom. The van der Waals surface area contributed by atoms with E-state index in [1.54, 1.807) is 30.6 Å². The summed E-state index contributed by atoms with van der Waals surface area (Å²) >= 11 is 0. The molecule has 46 heavy (non-hydrogen) atoms. The summed E-state index contributed by atoms with van der Waals surface area (Å²) in [5.74, 6) is 0.414. The smallest absolute Gasteiger partial charge is 0.236 e. The summed E-state index contributed by atoms with van der Waals surface area (Å²) in [5.41, 5.74) is 4.44. The summed E-state index contributed by atoms with van der Waals surface area (Å²) in [6.07, 6.45) is 4.14. The molecule has 1 atom stereocenters. The van der Waals surface area contributed by atoms with Crippen LogP contribution in [0.5, 0.6) is 0 Å². The summed E-state index contributed by atoms with van der Waals surface area (Å²) in [4.78, 5) is 41.7. The molecule has 11 heteroatoms. The number of H-pyrrole nitrogens is 1. The van der Waals surface area contributed by atoms with Crippen molar-refractivity contribution in [3.8, 4) is 22.6 Å². The monoisotopic (exact) mass is 618 g/mol. The number of rotatable bonds is 7. The first-order valence-corrected chi connectivity index (χ1v) is 15.5. The van der Waals surface area contributed by atoms with Crippen molar-refractivity contribution in [2.75, 3.05) is 56.0 Å². The number of nitrogens with zero attached hydrogens (tertiary/aromatic N) is 6. The molecule has 234 valence electrons. The van der Waals surface area contributed by atoms with Gasteiger partial charge in [-0.25, -0.2) is 14.4 Å². The number of halogens is 1. The maximum absolute atomic E-state index is 13.5. The van der Waals surface area contributed by atoms with E-state index in [1.165, 1.54) is 12.1 Å². The van der Waals surface area contributed by atoms with Crippen molar-refractivity contribution in [1.82, 2.24) is 30.0 Å². The molecule has 2 aromatic heterocycles. The molecule has 2 amide bonds. The Morgan fingerprint density at radius 2 is 1.63 bits per heavy atom. The maximum atomic E-state index is 13.5. The Morgan fingerprint density at radius 3 is 2.37 bits per heavy atom. The van der Waals surface area contributed by atoms with Crippen LogP contribution in [-0.4, -0.2) is 87.6 Å². The summed E-state index contributed by atoms with van der Waals surface area (Å²) in [6.45, 7) is 6.29. The molecule has 7 rings (SSSR count). The van der Waals surface area contributed by atoms with Crippen molar-refractivity contribution in [1.29, 1.82) is 0 Å². The molecule has 2 N–H and O–H groups in total. The van der Waals surface area contributed by atoms with Crippen LogP contribution < -0.4 is 10.2 Å².